The van der Waals surface area contributed by atoms with Gasteiger partial charge in [-0.05, 0) is 49.7 Å². The molecule has 0 unspecified atom stereocenters. The molecule has 0 saturated carbocycles. The van der Waals surface area contributed by atoms with E-state index in [1.165, 1.54) is 11.1 Å². The Morgan fingerprint density at radius 3 is 2.42 bits per heavy atom. The van der Waals surface area contributed by atoms with Crippen LogP contribution in [-0.4, -0.2) is 56.5 Å². The van der Waals surface area contributed by atoms with Crippen LogP contribution in [0.1, 0.15) is 21.5 Å². The molecule has 1 fully saturated rings. The van der Waals surface area contributed by atoms with E-state index in [0.29, 0.717) is 24.6 Å². The highest BCUT2D eigenvalue weighted by molar-refractivity contribution is 5.97. The number of amides is 1. The SMILES string of the molecule is Cc1ccc(-n2cnc3cc(C(=O)N4CCN(c5ncccn5)CC4)ccc32)c(C)c1. The van der Waals surface area contributed by atoms with Crippen molar-refractivity contribution in [3.8, 4) is 5.69 Å². The largest absolute Gasteiger partial charge is 0.337 e. The number of anilines is 1. The first-order chi connectivity index (χ1) is 15.1. The average Bonchev–Trinajstić information content (AvgIpc) is 3.22. The summed E-state index contributed by atoms with van der Waals surface area (Å²) in [5.74, 6) is 0.754. The molecule has 1 saturated heterocycles. The number of hydrogen-bond donors (Lipinski definition) is 0. The van der Waals surface area contributed by atoms with Crippen LogP contribution >= 0.6 is 0 Å². The van der Waals surface area contributed by atoms with Gasteiger partial charge in [0.1, 0.15) is 6.33 Å². The molecule has 4 aromatic rings. The van der Waals surface area contributed by atoms with Crippen molar-refractivity contribution in [2.75, 3.05) is 31.1 Å². The molecular weight excluding hydrogens is 388 g/mol. The number of rotatable bonds is 3. The van der Waals surface area contributed by atoms with E-state index in [4.69, 9.17) is 0 Å². The first-order valence-corrected chi connectivity index (χ1v) is 10.5. The molecule has 3 heterocycles. The molecule has 156 valence electrons. The summed E-state index contributed by atoms with van der Waals surface area (Å²) in [7, 11) is 0. The van der Waals surface area contributed by atoms with Crippen molar-refractivity contribution in [2.24, 2.45) is 0 Å². The summed E-state index contributed by atoms with van der Waals surface area (Å²) < 4.78 is 2.08. The van der Waals surface area contributed by atoms with Crippen LogP contribution in [0, 0.1) is 13.8 Å². The number of aromatic nitrogens is 4. The van der Waals surface area contributed by atoms with Crippen LogP contribution in [0.25, 0.3) is 16.7 Å². The van der Waals surface area contributed by atoms with Gasteiger partial charge in [-0.1, -0.05) is 17.7 Å². The van der Waals surface area contributed by atoms with E-state index in [9.17, 15) is 4.79 Å². The summed E-state index contributed by atoms with van der Waals surface area (Å²) in [5.41, 5.74) is 6.02. The summed E-state index contributed by atoms with van der Waals surface area (Å²) in [4.78, 5) is 30.3. The molecule has 7 heteroatoms. The van der Waals surface area contributed by atoms with Gasteiger partial charge in [-0.2, -0.15) is 0 Å². The summed E-state index contributed by atoms with van der Waals surface area (Å²) in [6.07, 6.45) is 5.31. The van der Waals surface area contributed by atoms with Crippen LogP contribution in [0.5, 0.6) is 0 Å². The molecule has 7 nitrogen and oxygen atoms in total. The summed E-state index contributed by atoms with van der Waals surface area (Å²) in [5, 5.41) is 0. The van der Waals surface area contributed by atoms with E-state index in [0.717, 1.165) is 29.8 Å². The molecule has 1 aliphatic heterocycles. The van der Waals surface area contributed by atoms with Crippen molar-refractivity contribution in [3.05, 3.63) is 77.9 Å². The second-order valence-electron chi connectivity index (χ2n) is 7.94. The van der Waals surface area contributed by atoms with Gasteiger partial charge in [-0.25, -0.2) is 15.0 Å². The Bertz CT molecular complexity index is 1240. The highest BCUT2D eigenvalue weighted by atomic mass is 16.2. The number of nitrogens with zero attached hydrogens (tertiary/aromatic N) is 6. The molecule has 0 aliphatic carbocycles. The maximum absolute atomic E-state index is 13.1. The number of imidazole rings is 1. The molecule has 1 aliphatic rings. The number of aryl methyl sites for hydroxylation is 2. The fourth-order valence-corrected chi connectivity index (χ4v) is 4.16. The molecule has 0 N–H and O–H groups in total. The molecule has 5 rings (SSSR count). The topological polar surface area (TPSA) is 67.2 Å². The summed E-state index contributed by atoms with van der Waals surface area (Å²) in [6.45, 7) is 6.93. The van der Waals surface area contributed by atoms with Crippen molar-refractivity contribution in [1.82, 2.24) is 24.4 Å². The minimum Gasteiger partial charge on any atom is -0.337 e. The zero-order chi connectivity index (χ0) is 21.4. The normalized spacial score (nSPS) is 14.3. The Hall–Kier alpha value is -3.74. The van der Waals surface area contributed by atoms with Crippen LogP contribution < -0.4 is 4.90 Å². The van der Waals surface area contributed by atoms with E-state index in [-0.39, 0.29) is 5.91 Å². The van der Waals surface area contributed by atoms with E-state index in [2.05, 4.69) is 56.5 Å². The zero-order valence-corrected chi connectivity index (χ0v) is 17.7. The summed E-state index contributed by atoms with van der Waals surface area (Å²) in [6, 6.07) is 14.0. The van der Waals surface area contributed by atoms with Gasteiger partial charge in [-0.15, -0.1) is 0 Å². The van der Waals surface area contributed by atoms with Crippen molar-refractivity contribution in [3.63, 3.8) is 0 Å². The number of carbonyl (C=O) groups excluding carboxylic acids is 1. The summed E-state index contributed by atoms with van der Waals surface area (Å²) >= 11 is 0. The molecule has 0 atom stereocenters. The van der Waals surface area contributed by atoms with Crippen LogP contribution in [-0.2, 0) is 0 Å². The lowest BCUT2D eigenvalue weighted by Gasteiger charge is -2.34. The quantitative estimate of drug-likeness (QED) is 0.516. The Morgan fingerprint density at radius 1 is 0.903 bits per heavy atom. The maximum atomic E-state index is 13.1. The van der Waals surface area contributed by atoms with Crippen LogP contribution in [0.2, 0.25) is 0 Å². The van der Waals surface area contributed by atoms with E-state index < -0.39 is 0 Å². The highest BCUT2D eigenvalue weighted by Gasteiger charge is 2.24. The van der Waals surface area contributed by atoms with Crippen molar-refractivity contribution in [2.45, 2.75) is 13.8 Å². The van der Waals surface area contributed by atoms with Crippen LogP contribution in [0.15, 0.2) is 61.2 Å². The van der Waals surface area contributed by atoms with Crippen molar-refractivity contribution >= 4 is 22.9 Å². The molecule has 1 amide bonds. The molecule has 0 bridgehead atoms. The molecule has 31 heavy (non-hydrogen) atoms. The Labute approximate surface area is 181 Å². The van der Waals surface area contributed by atoms with Gasteiger partial charge in [0.25, 0.3) is 5.91 Å². The third-order valence-corrected chi connectivity index (χ3v) is 5.81. The standard InChI is InChI=1S/C24H24N6O/c1-17-4-6-21(18(2)14-17)30-16-27-20-15-19(5-7-22(20)30)23(31)28-10-12-29(13-11-28)24-25-8-3-9-26-24/h3-9,14-16H,10-13H2,1-2H3. The first kappa shape index (κ1) is 19.2. The van der Waals surface area contributed by atoms with Crippen molar-refractivity contribution < 1.29 is 4.79 Å². The third-order valence-electron chi connectivity index (χ3n) is 5.81. The molecule has 2 aromatic heterocycles. The van der Waals surface area contributed by atoms with Gasteiger partial charge in [0.2, 0.25) is 5.95 Å². The number of piperazine rings is 1. The highest BCUT2D eigenvalue weighted by Crippen LogP contribution is 2.23. The predicted molar refractivity (Wildman–Crippen MR) is 121 cm³/mol. The maximum Gasteiger partial charge on any atom is 0.254 e. The average molecular weight is 412 g/mol. The van der Waals surface area contributed by atoms with Crippen LogP contribution in [0.4, 0.5) is 5.95 Å². The second kappa shape index (κ2) is 7.83. The van der Waals surface area contributed by atoms with Gasteiger partial charge in [0.15, 0.2) is 0 Å². The minimum atomic E-state index is 0.0385. The Kier molecular flexibility index (Phi) is 4.86. The fourth-order valence-electron chi connectivity index (χ4n) is 4.16. The van der Waals surface area contributed by atoms with Gasteiger partial charge in [0, 0.05) is 44.1 Å². The van der Waals surface area contributed by atoms with Crippen LogP contribution in [0.3, 0.4) is 0 Å². The van der Waals surface area contributed by atoms with Gasteiger partial charge >= 0.3 is 0 Å². The predicted octanol–water partition coefficient (Wildman–Crippen LogP) is 3.39. The third kappa shape index (κ3) is 3.63. The van der Waals surface area contributed by atoms with Gasteiger partial charge < -0.3 is 9.80 Å². The Morgan fingerprint density at radius 2 is 1.68 bits per heavy atom. The molecule has 0 radical (unpaired) electrons. The number of fused-ring (bicyclic) bond motifs is 1. The first-order valence-electron chi connectivity index (χ1n) is 10.5. The fraction of sp³-hybridized carbons (Fsp3) is 0.250. The lowest BCUT2D eigenvalue weighted by molar-refractivity contribution is 0.0746. The molecular formula is C24H24N6O. The number of hydrogen-bond acceptors (Lipinski definition) is 5. The number of benzene rings is 2. The Balaban J connectivity index is 1.35. The lowest BCUT2D eigenvalue weighted by atomic mass is 10.1. The smallest absolute Gasteiger partial charge is 0.254 e. The number of carbonyl (C=O) groups is 1. The zero-order valence-electron chi connectivity index (χ0n) is 17.7. The monoisotopic (exact) mass is 412 g/mol. The molecule has 0 spiro atoms. The van der Waals surface area contributed by atoms with E-state index in [1.807, 2.05) is 29.4 Å². The van der Waals surface area contributed by atoms with E-state index in [1.54, 1.807) is 18.5 Å². The lowest BCUT2D eigenvalue weighted by Crippen LogP contribution is -2.49. The van der Waals surface area contributed by atoms with E-state index >= 15 is 0 Å². The van der Waals surface area contributed by atoms with Gasteiger partial charge in [-0.3, -0.25) is 9.36 Å². The minimum absolute atomic E-state index is 0.0385. The second-order valence-corrected chi connectivity index (χ2v) is 7.94. The van der Waals surface area contributed by atoms with Crippen molar-refractivity contribution in [1.29, 1.82) is 0 Å². The van der Waals surface area contributed by atoms with Gasteiger partial charge in [0.05, 0.1) is 16.7 Å². The molecule has 2 aromatic carbocycles.